The van der Waals surface area contributed by atoms with Crippen molar-refractivity contribution in [3.8, 4) is 5.69 Å². The van der Waals surface area contributed by atoms with Gasteiger partial charge in [-0.1, -0.05) is 24.6 Å². The topological polar surface area (TPSA) is 93.5 Å². The van der Waals surface area contributed by atoms with Crippen LogP contribution in [0.15, 0.2) is 30.3 Å². The fourth-order valence-corrected chi connectivity index (χ4v) is 3.43. The van der Waals surface area contributed by atoms with Crippen LogP contribution in [0.5, 0.6) is 0 Å². The molecule has 27 heavy (non-hydrogen) atoms. The molecule has 1 fully saturated rings. The maximum Gasteiger partial charge on any atom is 0.338 e. The first-order valence-corrected chi connectivity index (χ1v) is 9.22. The number of hydrogen-bond acceptors (Lipinski definition) is 5. The second kappa shape index (κ2) is 7.92. The molecule has 1 aliphatic rings. The fraction of sp³-hybridized carbons (Fsp3) is 0.450. The third-order valence-corrected chi connectivity index (χ3v) is 4.95. The third kappa shape index (κ3) is 4.19. The fourth-order valence-electron chi connectivity index (χ4n) is 3.43. The number of aromatic nitrogens is 2. The molecule has 1 aromatic carbocycles. The third-order valence-electron chi connectivity index (χ3n) is 4.95. The summed E-state index contributed by atoms with van der Waals surface area (Å²) in [7, 11) is 0. The number of amides is 1. The molecule has 2 N–H and O–H groups in total. The average Bonchev–Trinajstić information content (AvgIpc) is 2.95. The molecule has 0 spiro atoms. The Balaban J connectivity index is 1.63. The van der Waals surface area contributed by atoms with Crippen LogP contribution in [0.3, 0.4) is 0 Å². The van der Waals surface area contributed by atoms with E-state index >= 15 is 0 Å². The normalized spacial score (nSPS) is 16.0. The van der Waals surface area contributed by atoms with E-state index in [-0.39, 0.29) is 0 Å². The van der Waals surface area contributed by atoms with E-state index in [4.69, 9.17) is 4.74 Å². The van der Waals surface area contributed by atoms with Gasteiger partial charge < -0.3 is 15.2 Å². The molecule has 1 heterocycles. The number of nitrogens with one attached hydrogen (secondary N) is 1. The summed E-state index contributed by atoms with van der Waals surface area (Å²) in [6, 6.07) is 9.61. The zero-order valence-corrected chi connectivity index (χ0v) is 15.7. The monoisotopic (exact) mass is 371 g/mol. The van der Waals surface area contributed by atoms with Crippen LogP contribution in [0.25, 0.3) is 5.69 Å². The van der Waals surface area contributed by atoms with Crippen LogP contribution in [0.4, 0.5) is 5.69 Å². The number of para-hydroxylation sites is 1. The number of anilines is 1. The Bertz CT molecular complexity index is 823. The predicted octanol–water partition coefficient (Wildman–Crippen LogP) is 2.67. The van der Waals surface area contributed by atoms with Crippen molar-refractivity contribution < 1.29 is 19.4 Å². The number of hydrogen-bond donors (Lipinski definition) is 2. The maximum absolute atomic E-state index is 12.2. The molecule has 7 nitrogen and oxygen atoms in total. The second-order valence-corrected chi connectivity index (χ2v) is 7.01. The van der Waals surface area contributed by atoms with E-state index in [1.54, 1.807) is 11.6 Å². The van der Waals surface area contributed by atoms with Gasteiger partial charge in [-0.15, -0.1) is 0 Å². The molecular weight excluding hydrogens is 346 g/mol. The molecule has 0 unspecified atom stereocenters. The molecule has 0 radical (unpaired) electrons. The van der Waals surface area contributed by atoms with E-state index in [2.05, 4.69) is 10.4 Å². The lowest BCUT2D eigenvalue weighted by molar-refractivity contribution is -0.170. The van der Waals surface area contributed by atoms with Crippen molar-refractivity contribution in [1.29, 1.82) is 0 Å². The zero-order valence-electron chi connectivity index (χ0n) is 15.7. The lowest BCUT2D eigenvalue weighted by Gasteiger charge is -2.29. The minimum Gasteiger partial charge on any atom is -0.453 e. The molecule has 1 aromatic heterocycles. The first-order valence-electron chi connectivity index (χ1n) is 9.22. The van der Waals surface area contributed by atoms with Crippen molar-refractivity contribution >= 4 is 17.6 Å². The van der Waals surface area contributed by atoms with E-state index in [1.807, 2.05) is 37.3 Å². The Kier molecular flexibility index (Phi) is 5.60. The highest BCUT2D eigenvalue weighted by Gasteiger charge is 2.38. The van der Waals surface area contributed by atoms with Gasteiger partial charge in [0.25, 0.3) is 5.91 Å². The van der Waals surface area contributed by atoms with Gasteiger partial charge in [0, 0.05) is 0 Å². The molecule has 3 rings (SSSR count). The van der Waals surface area contributed by atoms with E-state index < -0.39 is 24.1 Å². The van der Waals surface area contributed by atoms with Crippen LogP contribution in [-0.4, -0.2) is 39.0 Å². The highest BCUT2D eigenvalue weighted by atomic mass is 16.6. The molecule has 1 saturated carbocycles. The molecule has 1 amide bonds. The SMILES string of the molecule is Cc1nn(-c2ccccc2)c(C)c1NC(=O)COC(=O)C1(O)CCCCC1. The van der Waals surface area contributed by atoms with Gasteiger partial charge in [0.2, 0.25) is 0 Å². The highest BCUT2D eigenvalue weighted by molar-refractivity contribution is 5.94. The Morgan fingerprint density at radius 2 is 1.85 bits per heavy atom. The number of carbonyl (C=O) groups excluding carboxylic acids is 2. The van der Waals surface area contributed by atoms with Gasteiger partial charge in [0.05, 0.1) is 22.8 Å². The van der Waals surface area contributed by atoms with Gasteiger partial charge in [-0.25, -0.2) is 9.48 Å². The molecular formula is C20H25N3O4. The van der Waals surface area contributed by atoms with Crippen LogP contribution in [-0.2, 0) is 14.3 Å². The van der Waals surface area contributed by atoms with Gasteiger partial charge in [-0.05, 0) is 51.7 Å². The largest absolute Gasteiger partial charge is 0.453 e. The smallest absolute Gasteiger partial charge is 0.338 e. The van der Waals surface area contributed by atoms with Crippen LogP contribution >= 0.6 is 0 Å². The van der Waals surface area contributed by atoms with Crippen molar-refractivity contribution in [2.45, 2.75) is 51.6 Å². The van der Waals surface area contributed by atoms with Gasteiger partial charge in [-0.2, -0.15) is 5.10 Å². The van der Waals surface area contributed by atoms with Gasteiger partial charge in [0.1, 0.15) is 0 Å². The number of rotatable bonds is 5. The summed E-state index contributed by atoms with van der Waals surface area (Å²) in [5.74, 6) is -1.17. The van der Waals surface area contributed by atoms with E-state index in [0.717, 1.165) is 30.6 Å². The van der Waals surface area contributed by atoms with Crippen molar-refractivity contribution in [1.82, 2.24) is 9.78 Å². The number of ether oxygens (including phenoxy) is 1. The maximum atomic E-state index is 12.2. The van der Waals surface area contributed by atoms with Gasteiger partial charge in [-0.3, -0.25) is 4.79 Å². The van der Waals surface area contributed by atoms with Crippen molar-refractivity contribution in [2.75, 3.05) is 11.9 Å². The number of nitrogens with zero attached hydrogens (tertiary/aromatic N) is 2. The highest BCUT2D eigenvalue weighted by Crippen LogP contribution is 2.29. The van der Waals surface area contributed by atoms with Crippen molar-refractivity contribution in [2.24, 2.45) is 0 Å². The van der Waals surface area contributed by atoms with E-state index in [0.29, 0.717) is 24.2 Å². The molecule has 1 aliphatic carbocycles. The average molecular weight is 371 g/mol. The summed E-state index contributed by atoms with van der Waals surface area (Å²) in [6.45, 7) is 3.23. The first-order chi connectivity index (χ1) is 12.9. The summed E-state index contributed by atoms with van der Waals surface area (Å²) in [4.78, 5) is 24.4. The number of benzene rings is 1. The number of carbonyl (C=O) groups is 2. The summed E-state index contributed by atoms with van der Waals surface area (Å²) in [6.07, 6.45) is 3.34. The lowest BCUT2D eigenvalue weighted by atomic mass is 9.85. The number of esters is 1. The first kappa shape index (κ1) is 19.1. The molecule has 0 aliphatic heterocycles. The predicted molar refractivity (Wildman–Crippen MR) is 101 cm³/mol. The molecule has 0 saturated heterocycles. The molecule has 144 valence electrons. The zero-order chi connectivity index (χ0) is 19.4. The van der Waals surface area contributed by atoms with Gasteiger partial charge in [0.15, 0.2) is 12.2 Å². The molecule has 0 bridgehead atoms. The molecule has 7 heteroatoms. The van der Waals surface area contributed by atoms with Gasteiger partial charge >= 0.3 is 5.97 Å². The van der Waals surface area contributed by atoms with Crippen LogP contribution in [0.2, 0.25) is 0 Å². The van der Waals surface area contributed by atoms with Crippen molar-refractivity contribution in [3.05, 3.63) is 41.7 Å². The second-order valence-electron chi connectivity index (χ2n) is 7.01. The Hall–Kier alpha value is -2.67. The van der Waals surface area contributed by atoms with Crippen molar-refractivity contribution in [3.63, 3.8) is 0 Å². The standard InChI is InChI=1S/C20H25N3O4/c1-14-18(15(2)23(22-14)16-9-5-3-6-10-16)21-17(24)13-27-19(25)20(26)11-7-4-8-12-20/h3,5-6,9-10,26H,4,7-8,11-13H2,1-2H3,(H,21,24). The summed E-state index contributed by atoms with van der Waals surface area (Å²) >= 11 is 0. The Morgan fingerprint density at radius 3 is 2.52 bits per heavy atom. The summed E-state index contributed by atoms with van der Waals surface area (Å²) < 4.78 is 6.81. The summed E-state index contributed by atoms with van der Waals surface area (Å²) in [5, 5.41) is 17.6. The molecule has 0 atom stereocenters. The van der Waals surface area contributed by atoms with Crippen LogP contribution in [0, 0.1) is 13.8 Å². The number of aryl methyl sites for hydroxylation is 1. The summed E-state index contributed by atoms with van der Waals surface area (Å²) in [5.41, 5.74) is 1.48. The molecule has 2 aromatic rings. The Morgan fingerprint density at radius 1 is 1.19 bits per heavy atom. The van der Waals surface area contributed by atoms with Crippen LogP contribution in [0.1, 0.15) is 43.5 Å². The quantitative estimate of drug-likeness (QED) is 0.788. The van der Waals surface area contributed by atoms with E-state index in [1.165, 1.54) is 0 Å². The van der Waals surface area contributed by atoms with Crippen LogP contribution < -0.4 is 5.32 Å². The van der Waals surface area contributed by atoms with E-state index in [9.17, 15) is 14.7 Å². The Labute approximate surface area is 158 Å². The lowest BCUT2D eigenvalue weighted by Crippen LogP contribution is -2.42. The number of aliphatic hydroxyl groups is 1. The minimum absolute atomic E-state index is 0.384. The minimum atomic E-state index is -1.46.